The van der Waals surface area contributed by atoms with Gasteiger partial charge in [-0.05, 0) is 30.9 Å². The lowest BCUT2D eigenvalue weighted by Gasteiger charge is -2.17. The predicted octanol–water partition coefficient (Wildman–Crippen LogP) is 6.17. The van der Waals surface area contributed by atoms with Crippen LogP contribution in [0.25, 0.3) is 0 Å². The number of thioether (sulfide) groups is 1. The van der Waals surface area contributed by atoms with E-state index in [1.54, 1.807) is 6.07 Å². The van der Waals surface area contributed by atoms with Crippen LogP contribution < -0.4 is 20.7 Å². The van der Waals surface area contributed by atoms with Crippen molar-refractivity contribution >= 4 is 23.7 Å². The first kappa shape index (κ1) is 37.5. The maximum atomic E-state index is 13.3. The fourth-order valence-corrected chi connectivity index (χ4v) is 5.96. The van der Waals surface area contributed by atoms with Gasteiger partial charge in [0, 0.05) is 23.0 Å². The Morgan fingerprint density at radius 2 is 1.88 bits per heavy atom. The molecule has 230 valence electrons. The zero-order valence-corrected chi connectivity index (χ0v) is 20.7. The highest BCUT2D eigenvalue weighted by molar-refractivity contribution is 8.00. The zero-order chi connectivity index (χ0) is 25.8. The second-order valence-corrected chi connectivity index (χ2v) is 10.2. The third-order valence-electron chi connectivity index (χ3n) is 6.48. The van der Waals surface area contributed by atoms with Crippen molar-refractivity contribution in [3.05, 3.63) is 29.3 Å². The Kier molecular flexibility index (Phi) is 15.0. The highest BCUT2D eigenvalue weighted by atomic mass is 32.2. The number of urea groups is 1. The standard InChI is InChI=1S/C23H30F3N5O4S.4CH4/c1-2-14-7-8-15(22(30-31-22)23(24,25)26)11-17(14)35-10-9-34-13-27-19(32)6-4-3-5-18-20-16(12-36-18)28-21(33)29-20;;;;/h7-8,11,16,18,20H,2-6,9-10,12-13H2,1H3,(H,27,32)(H2,28,29,33);4*1H4. The van der Waals surface area contributed by atoms with Crippen LogP contribution in [0.15, 0.2) is 28.4 Å². The Bertz CT molecular complexity index is 989. The SMILES string of the molecule is C.C.C.C.CCc1ccc(C2(C(F)(F)F)N=N2)cc1OCCOCNC(=O)CCCCC1SCC2NC(=O)NC21. The van der Waals surface area contributed by atoms with Gasteiger partial charge in [0.15, 0.2) is 0 Å². The van der Waals surface area contributed by atoms with Gasteiger partial charge in [-0.3, -0.25) is 4.79 Å². The predicted molar refractivity (Wildman–Crippen MR) is 154 cm³/mol. The van der Waals surface area contributed by atoms with E-state index in [9.17, 15) is 22.8 Å². The molecule has 0 spiro atoms. The number of nitrogens with zero attached hydrogens (tertiary/aromatic N) is 2. The molecule has 0 aliphatic carbocycles. The summed E-state index contributed by atoms with van der Waals surface area (Å²) >= 11 is 1.85. The van der Waals surface area contributed by atoms with E-state index in [0.717, 1.165) is 30.6 Å². The molecule has 3 unspecified atom stereocenters. The molecule has 3 N–H and O–H groups in total. The monoisotopic (exact) mass is 593 g/mol. The lowest BCUT2D eigenvalue weighted by molar-refractivity contribution is -0.166. The Morgan fingerprint density at radius 3 is 2.52 bits per heavy atom. The Hall–Kier alpha value is -2.54. The van der Waals surface area contributed by atoms with Crippen molar-refractivity contribution in [1.29, 1.82) is 0 Å². The molecule has 3 atom stereocenters. The Morgan fingerprint density at radius 1 is 1.15 bits per heavy atom. The molecular formula is C27H46F3N5O4S. The van der Waals surface area contributed by atoms with Crippen LogP contribution in [-0.4, -0.2) is 61.1 Å². The molecule has 1 aromatic carbocycles. The minimum absolute atomic E-state index is 0. The third-order valence-corrected chi connectivity index (χ3v) is 7.99. The van der Waals surface area contributed by atoms with E-state index in [1.807, 2.05) is 18.7 Å². The summed E-state index contributed by atoms with van der Waals surface area (Å²) in [6.07, 6.45) is -1.02. The van der Waals surface area contributed by atoms with Gasteiger partial charge in [-0.15, -0.1) is 10.2 Å². The number of ether oxygens (including phenoxy) is 2. The summed E-state index contributed by atoms with van der Waals surface area (Å²) in [6.45, 7) is 2.18. The van der Waals surface area contributed by atoms with Crippen molar-refractivity contribution in [1.82, 2.24) is 16.0 Å². The number of aryl methyl sites for hydroxylation is 1. The number of rotatable bonds is 13. The number of carbonyl (C=O) groups excluding carboxylic acids is 2. The summed E-state index contributed by atoms with van der Waals surface area (Å²) in [5, 5.41) is 15.4. The molecule has 1 aromatic rings. The number of fused-ring (bicyclic) bond motifs is 1. The van der Waals surface area contributed by atoms with Gasteiger partial charge in [0.1, 0.15) is 19.1 Å². The molecule has 2 saturated heterocycles. The van der Waals surface area contributed by atoms with Crippen molar-refractivity contribution in [2.24, 2.45) is 10.2 Å². The van der Waals surface area contributed by atoms with Gasteiger partial charge in [0.2, 0.25) is 5.91 Å². The molecule has 0 bridgehead atoms. The average molecular weight is 594 g/mol. The number of benzene rings is 1. The summed E-state index contributed by atoms with van der Waals surface area (Å²) < 4.78 is 50.9. The number of amides is 3. The van der Waals surface area contributed by atoms with E-state index in [2.05, 4.69) is 26.2 Å². The minimum Gasteiger partial charge on any atom is -0.491 e. The fraction of sp³-hybridized carbons (Fsp3) is 0.704. The van der Waals surface area contributed by atoms with Gasteiger partial charge >= 0.3 is 17.9 Å². The maximum absolute atomic E-state index is 13.3. The summed E-state index contributed by atoms with van der Waals surface area (Å²) in [6, 6.07) is 4.57. The van der Waals surface area contributed by atoms with E-state index >= 15 is 0 Å². The number of halogens is 3. The molecule has 4 rings (SSSR count). The van der Waals surface area contributed by atoms with Crippen molar-refractivity contribution in [3.8, 4) is 5.75 Å². The fourth-order valence-electron chi connectivity index (χ4n) is 4.42. The van der Waals surface area contributed by atoms with E-state index in [-0.39, 0.29) is 79.2 Å². The first-order valence-electron chi connectivity index (χ1n) is 12.0. The number of alkyl halides is 3. The molecule has 3 amide bonds. The molecule has 13 heteroatoms. The van der Waals surface area contributed by atoms with Crippen LogP contribution in [0, 0.1) is 0 Å². The number of carbonyl (C=O) groups is 2. The average Bonchev–Trinajstić information content (AvgIpc) is 3.48. The number of hydrogen-bond donors (Lipinski definition) is 3. The molecule has 3 aliphatic rings. The summed E-state index contributed by atoms with van der Waals surface area (Å²) in [4.78, 5) is 23.4. The second kappa shape index (κ2) is 16.0. The largest absolute Gasteiger partial charge is 0.491 e. The quantitative estimate of drug-likeness (QED) is 0.144. The van der Waals surface area contributed by atoms with Gasteiger partial charge < -0.3 is 25.4 Å². The van der Waals surface area contributed by atoms with Crippen LogP contribution >= 0.6 is 11.8 Å². The zero-order valence-electron chi connectivity index (χ0n) is 19.9. The summed E-state index contributed by atoms with van der Waals surface area (Å²) in [7, 11) is 0. The van der Waals surface area contributed by atoms with E-state index in [0.29, 0.717) is 23.8 Å². The maximum Gasteiger partial charge on any atom is 0.442 e. The van der Waals surface area contributed by atoms with Crippen molar-refractivity contribution in [2.45, 2.75) is 97.9 Å². The summed E-state index contributed by atoms with van der Waals surface area (Å²) in [5.41, 5.74) is -1.80. The smallest absolute Gasteiger partial charge is 0.442 e. The van der Waals surface area contributed by atoms with E-state index < -0.39 is 11.8 Å². The molecule has 40 heavy (non-hydrogen) atoms. The lowest BCUT2D eigenvalue weighted by atomic mass is 9.99. The Balaban J connectivity index is 0.00000380. The van der Waals surface area contributed by atoms with Crippen LogP contribution in [0.5, 0.6) is 5.75 Å². The van der Waals surface area contributed by atoms with Crippen LogP contribution in [0.2, 0.25) is 0 Å². The second-order valence-electron chi connectivity index (χ2n) is 8.91. The lowest BCUT2D eigenvalue weighted by Crippen LogP contribution is -2.36. The number of hydrogen-bond acceptors (Lipinski definition) is 7. The summed E-state index contributed by atoms with van der Waals surface area (Å²) in [5.74, 6) is 1.14. The van der Waals surface area contributed by atoms with Crippen LogP contribution in [0.1, 0.15) is 73.4 Å². The first-order valence-corrected chi connectivity index (χ1v) is 13.1. The Labute approximate surface area is 240 Å². The molecular weight excluding hydrogens is 547 g/mol. The van der Waals surface area contributed by atoms with Gasteiger partial charge in [0.25, 0.3) is 0 Å². The minimum atomic E-state index is -4.59. The number of unbranched alkanes of at least 4 members (excludes halogenated alkanes) is 1. The van der Waals surface area contributed by atoms with Crippen molar-refractivity contribution in [2.75, 3.05) is 25.7 Å². The molecule has 9 nitrogen and oxygen atoms in total. The van der Waals surface area contributed by atoms with E-state index in [4.69, 9.17) is 9.47 Å². The van der Waals surface area contributed by atoms with Crippen LogP contribution in [0.3, 0.4) is 0 Å². The highest BCUT2D eigenvalue weighted by Crippen LogP contribution is 2.53. The number of nitrogens with one attached hydrogen (secondary N) is 3. The topological polar surface area (TPSA) is 113 Å². The first-order chi connectivity index (χ1) is 17.2. The molecule has 0 saturated carbocycles. The van der Waals surface area contributed by atoms with Crippen molar-refractivity contribution in [3.63, 3.8) is 0 Å². The normalized spacial score (nSPS) is 21.3. The van der Waals surface area contributed by atoms with E-state index in [1.165, 1.54) is 12.1 Å². The van der Waals surface area contributed by atoms with Crippen LogP contribution in [-0.2, 0) is 21.6 Å². The van der Waals surface area contributed by atoms with Crippen LogP contribution in [0.4, 0.5) is 18.0 Å². The molecule has 3 aliphatic heterocycles. The van der Waals surface area contributed by atoms with Gasteiger partial charge in [-0.1, -0.05) is 55.2 Å². The highest BCUT2D eigenvalue weighted by Gasteiger charge is 2.65. The van der Waals surface area contributed by atoms with Gasteiger partial charge in [-0.2, -0.15) is 24.9 Å². The van der Waals surface area contributed by atoms with Crippen molar-refractivity contribution < 1.29 is 32.2 Å². The molecule has 0 aromatic heterocycles. The molecule has 3 heterocycles. The molecule has 0 radical (unpaired) electrons. The van der Waals surface area contributed by atoms with Gasteiger partial charge in [0.05, 0.1) is 18.7 Å². The third kappa shape index (κ3) is 8.73. The molecule has 2 fully saturated rings. The van der Waals surface area contributed by atoms with Gasteiger partial charge in [-0.25, -0.2) is 4.79 Å².